The van der Waals surface area contributed by atoms with Crippen LogP contribution in [-0.2, 0) is 23.6 Å². The molecule has 6 rings (SSSR count). The number of pyridine rings is 2. The SMILES string of the molecule is C[C@H]1C[C@@H](Oc2ccc3ccn(C)c3n2)CN1C(=O)OC(C)(C)C.C[C@H]1C[C@H](C)N(C(=O)OC(C)(C)C)C1.Cn1ccc2ccc(=O)[nH]c21. The summed E-state index contributed by atoms with van der Waals surface area (Å²) >= 11 is 0. The molecule has 2 amide bonds. The molecule has 4 aromatic heterocycles. The molecule has 268 valence electrons. The maximum absolute atomic E-state index is 12.3. The zero-order chi connectivity index (χ0) is 36.3. The van der Waals surface area contributed by atoms with Crippen LogP contribution in [0.5, 0.6) is 5.88 Å². The number of nitrogens with one attached hydrogen (secondary N) is 1. The van der Waals surface area contributed by atoms with Gasteiger partial charge in [0.15, 0.2) is 0 Å². The lowest BCUT2D eigenvalue weighted by Crippen LogP contribution is -2.39. The third-order valence-corrected chi connectivity index (χ3v) is 8.31. The monoisotopic (exact) mass is 678 g/mol. The number of likely N-dealkylation sites (tertiary alicyclic amines) is 2. The van der Waals surface area contributed by atoms with Crippen LogP contribution in [0, 0.1) is 5.92 Å². The van der Waals surface area contributed by atoms with Crippen molar-refractivity contribution in [2.45, 2.75) is 105 Å². The summed E-state index contributed by atoms with van der Waals surface area (Å²) in [4.78, 5) is 45.7. The number of ether oxygens (including phenoxy) is 3. The molecule has 2 saturated heterocycles. The normalized spacial score (nSPS) is 20.8. The van der Waals surface area contributed by atoms with Crippen molar-refractivity contribution < 1.29 is 23.8 Å². The van der Waals surface area contributed by atoms with E-state index in [1.807, 2.05) is 119 Å². The molecule has 0 radical (unpaired) electrons. The summed E-state index contributed by atoms with van der Waals surface area (Å²) in [5.41, 5.74) is 0.830. The van der Waals surface area contributed by atoms with E-state index in [1.54, 1.807) is 4.90 Å². The molecule has 4 aromatic rings. The van der Waals surface area contributed by atoms with Crippen LogP contribution >= 0.6 is 0 Å². The predicted molar refractivity (Wildman–Crippen MR) is 192 cm³/mol. The van der Waals surface area contributed by atoms with Gasteiger partial charge in [0.05, 0.1) is 6.54 Å². The quantitative estimate of drug-likeness (QED) is 0.246. The lowest BCUT2D eigenvalue weighted by atomic mass is 10.1. The number of fused-ring (bicyclic) bond motifs is 2. The van der Waals surface area contributed by atoms with Crippen LogP contribution in [0.25, 0.3) is 22.1 Å². The first-order valence-electron chi connectivity index (χ1n) is 17.0. The smallest absolute Gasteiger partial charge is 0.410 e. The fourth-order valence-corrected chi connectivity index (χ4v) is 6.04. The van der Waals surface area contributed by atoms with E-state index in [0.29, 0.717) is 24.4 Å². The largest absolute Gasteiger partial charge is 0.472 e. The maximum atomic E-state index is 12.3. The van der Waals surface area contributed by atoms with E-state index in [9.17, 15) is 14.4 Å². The van der Waals surface area contributed by atoms with Crippen LogP contribution in [0.1, 0.15) is 75.2 Å². The van der Waals surface area contributed by atoms with Gasteiger partial charge in [-0.1, -0.05) is 6.92 Å². The topological polar surface area (TPSA) is 124 Å². The molecule has 0 spiro atoms. The van der Waals surface area contributed by atoms with Crippen molar-refractivity contribution in [3.63, 3.8) is 0 Å². The maximum Gasteiger partial charge on any atom is 0.410 e. The van der Waals surface area contributed by atoms with E-state index in [4.69, 9.17) is 14.2 Å². The van der Waals surface area contributed by atoms with E-state index in [2.05, 4.69) is 23.8 Å². The summed E-state index contributed by atoms with van der Waals surface area (Å²) < 4.78 is 20.7. The molecular weight excluding hydrogens is 624 g/mol. The van der Waals surface area contributed by atoms with Crippen molar-refractivity contribution in [2.24, 2.45) is 20.0 Å². The van der Waals surface area contributed by atoms with Gasteiger partial charge in [-0.2, -0.15) is 4.98 Å². The van der Waals surface area contributed by atoms with Gasteiger partial charge in [0.1, 0.15) is 28.6 Å². The predicted octanol–water partition coefficient (Wildman–Crippen LogP) is 6.87. The van der Waals surface area contributed by atoms with E-state index >= 15 is 0 Å². The van der Waals surface area contributed by atoms with E-state index in [1.165, 1.54) is 6.07 Å². The molecule has 2 fully saturated rings. The lowest BCUT2D eigenvalue weighted by Gasteiger charge is -2.26. The average molecular weight is 679 g/mol. The lowest BCUT2D eigenvalue weighted by molar-refractivity contribution is 0.0217. The summed E-state index contributed by atoms with van der Waals surface area (Å²) in [5, 5.41) is 2.15. The number of amides is 2. The van der Waals surface area contributed by atoms with Crippen LogP contribution < -0.4 is 10.3 Å². The van der Waals surface area contributed by atoms with Gasteiger partial charge >= 0.3 is 12.2 Å². The van der Waals surface area contributed by atoms with Crippen LogP contribution in [0.4, 0.5) is 9.59 Å². The fourth-order valence-electron chi connectivity index (χ4n) is 6.04. The highest BCUT2D eigenvalue weighted by molar-refractivity contribution is 5.77. The molecule has 0 saturated carbocycles. The zero-order valence-corrected chi connectivity index (χ0v) is 30.9. The number of aromatic amines is 1. The van der Waals surface area contributed by atoms with E-state index < -0.39 is 5.60 Å². The summed E-state index contributed by atoms with van der Waals surface area (Å²) in [6, 6.07) is 11.6. The molecule has 6 heterocycles. The minimum atomic E-state index is -0.491. The highest BCUT2D eigenvalue weighted by atomic mass is 16.6. The summed E-state index contributed by atoms with van der Waals surface area (Å²) in [6.45, 7) is 18.9. The Kier molecular flexibility index (Phi) is 11.4. The Morgan fingerprint density at radius 2 is 1.31 bits per heavy atom. The number of hydrogen-bond donors (Lipinski definition) is 1. The van der Waals surface area contributed by atoms with Crippen LogP contribution in [0.2, 0.25) is 0 Å². The molecule has 2 aliphatic heterocycles. The molecule has 1 N–H and O–H groups in total. The van der Waals surface area contributed by atoms with Gasteiger partial charge in [-0.3, -0.25) is 4.79 Å². The third kappa shape index (κ3) is 10.3. The number of aromatic nitrogens is 4. The first-order valence-corrected chi connectivity index (χ1v) is 17.0. The van der Waals surface area contributed by atoms with Crippen molar-refractivity contribution in [3.8, 4) is 5.88 Å². The Bertz CT molecular complexity index is 1790. The van der Waals surface area contributed by atoms with Crippen LogP contribution in [0.15, 0.2) is 53.6 Å². The Balaban J connectivity index is 0.000000183. The van der Waals surface area contributed by atoms with Gasteiger partial charge in [0, 0.05) is 74.4 Å². The van der Waals surface area contributed by atoms with Gasteiger partial charge in [-0.15, -0.1) is 0 Å². The highest BCUT2D eigenvalue weighted by Crippen LogP contribution is 2.26. The Hall–Kier alpha value is -4.48. The first kappa shape index (κ1) is 37.3. The summed E-state index contributed by atoms with van der Waals surface area (Å²) in [6.07, 6.45) is 5.22. The van der Waals surface area contributed by atoms with Crippen molar-refractivity contribution in [3.05, 3.63) is 59.1 Å². The summed E-state index contributed by atoms with van der Waals surface area (Å²) in [7, 11) is 3.86. The Morgan fingerprint density at radius 3 is 1.90 bits per heavy atom. The standard InChI is InChI=1S/C18H25N3O3.C11H21NO2.C8H8N2O/c1-12-10-14(11-21(12)17(22)24-18(2,3)4)23-15-7-6-13-8-9-20(5)16(13)19-15;1-8-6-9(2)12(7-8)10(13)14-11(3,4)5;1-10-5-4-6-2-3-7(11)9-8(6)10/h6-9,12,14H,10-11H2,1-5H3;8-9H,6-7H2,1-5H3;2-5H,1H3,(H,9,11)/t12-,14+;8-,9-;/m00./s1. The Morgan fingerprint density at radius 1 is 0.755 bits per heavy atom. The van der Waals surface area contributed by atoms with Crippen LogP contribution in [0.3, 0.4) is 0 Å². The minimum absolute atomic E-state index is 0.0562. The summed E-state index contributed by atoms with van der Waals surface area (Å²) in [5.74, 6) is 1.19. The number of rotatable bonds is 2. The zero-order valence-electron chi connectivity index (χ0n) is 30.9. The fraction of sp³-hybridized carbons (Fsp3) is 0.568. The van der Waals surface area contributed by atoms with Crippen LogP contribution in [-0.4, -0.2) is 83.6 Å². The molecular formula is C37H54N6O6. The molecule has 0 unspecified atom stereocenters. The van der Waals surface area contributed by atoms with Crippen molar-refractivity contribution >= 4 is 34.3 Å². The molecule has 49 heavy (non-hydrogen) atoms. The number of carbonyl (C=O) groups is 2. The molecule has 12 nitrogen and oxygen atoms in total. The van der Waals surface area contributed by atoms with Gasteiger partial charge < -0.3 is 38.1 Å². The Labute approximate surface area is 289 Å². The number of H-pyrrole nitrogens is 1. The third-order valence-electron chi connectivity index (χ3n) is 8.31. The second-order valence-electron chi connectivity index (χ2n) is 15.3. The van der Waals surface area contributed by atoms with Crippen molar-refractivity contribution in [1.29, 1.82) is 0 Å². The second kappa shape index (κ2) is 15.0. The number of nitrogens with zero attached hydrogens (tertiary/aromatic N) is 5. The van der Waals surface area contributed by atoms with Crippen molar-refractivity contribution in [1.82, 2.24) is 28.9 Å². The van der Waals surface area contributed by atoms with E-state index in [-0.39, 0.29) is 35.5 Å². The van der Waals surface area contributed by atoms with Crippen molar-refractivity contribution in [2.75, 3.05) is 13.1 Å². The minimum Gasteiger partial charge on any atom is -0.472 e. The average Bonchev–Trinajstić information content (AvgIpc) is 3.74. The number of carbonyl (C=O) groups excluding carboxylic acids is 2. The van der Waals surface area contributed by atoms with Gasteiger partial charge in [0.2, 0.25) is 11.4 Å². The van der Waals surface area contributed by atoms with Gasteiger partial charge in [0.25, 0.3) is 0 Å². The molecule has 12 heteroatoms. The highest BCUT2D eigenvalue weighted by Gasteiger charge is 2.36. The molecule has 0 bridgehead atoms. The van der Waals surface area contributed by atoms with Gasteiger partial charge in [-0.25, -0.2) is 9.59 Å². The number of hydrogen-bond acceptors (Lipinski definition) is 7. The number of aryl methyl sites for hydroxylation is 2. The molecule has 0 aromatic carbocycles. The molecule has 4 atom stereocenters. The van der Waals surface area contributed by atoms with E-state index in [0.717, 1.165) is 41.5 Å². The molecule has 0 aliphatic carbocycles. The first-order chi connectivity index (χ1) is 22.8. The van der Waals surface area contributed by atoms with Gasteiger partial charge in [-0.05, 0) is 92.0 Å². The second-order valence-corrected chi connectivity index (χ2v) is 15.3. The molecule has 2 aliphatic rings.